The van der Waals surface area contributed by atoms with Crippen molar-refractivity contribution in [2.75, 3.05) is 25.5 Å². The molecule has 0 saturated carbocycles. The number of carbonyl (C=O) groups is 1. The summed E-state index contributed by atoms with van der Waals surface area (Å²) in [6.45, 7) is 7.90. The van der Waals surface area contributed by atoms with Crippen molar-refractivity contribution in [3.63, 3.8) is 0 Å². The second kappa shape index (κ2) is 11.9. The summed E-state index contributed by atoms with van der Waals surface area (Å²) in [5, 5.41) is 4.73. The van der Waals surface area contributed by atoms with Gasteiger partial charge in [-0.1, -0.05) is 35.9 Å². The molecular weight excluding hydrogens is 545 g/mol. The van der Waals surface area contributed by atoms with E-state index in [0.29, 0.717) is 37.1 Å². The van der Waals surface area contributed by atoms with Gasteiger partial charge in [-0.05, 0) is 69.4 Å². The lowest BCUT2D eigenvalue weighted by atomic mass is 9.98. The van der Waals surface area contributed by atoms with Crippen LogP contribution in [0.1, 0.15) is 39.2 Å². The Balaban J connectivity index is 1.44. The quantitative estimate of drug-likeness (QED) is 0.250. The summed E-state index contributed by atoms with van der Waals surface area (Å²) >= 11 is 6.64. The number of ether oxygens (including phenoxy) is 2. The molecule has 2 aromatic heterocycles. The van der Waals surface area contributed by atoms with E-state index in [4.69, 9.17) is 26.1 Å². The van der Waals surface area contributed by atoms with E-state index < -0.39 is 11.4 Å². The van der Waals surface area contributed by atoms with Crippen LogP contribution in [0.3, 0.4) is 0 Å². The molecule has 1 amide bonds. The highest BCUT2D eigenvalue weighted by atomic mass is 35.5. The van der Waals surface area contributed by atoms with Gasteiger partial charge >= 0.3 is 6.09 Å². The van der Waals surface area contributed by atoms with Gasteiger partial charge in [-0.2, -0.15) is 4.98 Å². The second-order valence-corrected chi connectivity index (χ2v) is 11.8. The SMILES string of the molecule is COc1ccc(CNc2ncc3cc(-c4ccccc4Cl)n(CC4CCCN(C(=O)OC(C)(C)C)C4)c3n2)cc1F. The minimum Gasteiger partial charge on any atom is -0.494 e. The Hall–Kier alpha value is -3.85. The summed E-state index contributed by atoms with van der Waals surface area (Å²) in [6, 6.07) is 14.6. The molecule has 2 aromatic carbocycles. The number of benzene rings is 2. The number of aromatic nitrogens is 3. The van der Waals surface area contributed by atoms with Crippen molar-refractivity contribution in [3.8, 4) is 17.0 Å². The number of piperidine rings is 1. The Morgan fingerprint density at radius 1 is 1.20 bits per heavy atom. The van der Waals surface area contributed by atoms with Gasteiger partial charge in [0.25, 0.3) is 0 Å². The van der Waals surface area contributed by atoms with Crippen molar-refractivity contribution in [1.29, 1.82) is 0 Å². The van der Waals surface area contributed by atoms with E-state index in [1.807, 2.05) is 51.1 Å². The molecule has 1 saturated heterocycles. The van der Waals surface area contributed by atoms with Crippen LogP contribution in [0.25, 0.3) is 22.3 Å². The number of nitrogens with one attached hydrogen (secondary N) is 1. The van der Waals surface area contributed by atoms with Gasteiger partial charge in [0, 0.05) is 48.3 Å². The van der Waals surface area contributed by atoms with Gasteiger partial charge in [0.15, 0.2) is 11.6 Å². The molecule has 10 heteroatoms. The van der Waals surface area contributed by atoms with Crippen LogP contribution in [0.5, 0.6) is 5.75 Å². The number of carbonyl (C=O) groups excluding carboxylic acids is 1. The highest BCUT2D eigenvalue weighted by Crippen LogP contribution is 2.34. The zero-order valence-corrected chi connectivity index (χ0v) is 24.5. The van der Waals surface area contributed by atoms with Crippen molar-refractivity contribution < 1.29 is 18.7 Å². The molecule has 216 valence electrons. The van der Waals surface area contributed by atoms with E-state index in [2.05, 4.69) is 14.9 Å². The molecule has 1 fully saturated rings. The third-order valence-corrected chi connectivity index (χ3v) is 7.39. The zero-order chi connectivity index (χ0) is 29.1. The van der Waals surface area contributed by atoms with Gasteiger partial charge in [-0.15, -0.1) is 0 Å². The molecule has 0 bridgehead atoms. The van der Waals surface area contributed by atoms with Crippen LogP contribution in [0, 0.1) is 11.7 Å². The van der Waals surface area contributed by atoms with Gasteiger partial charge in [0.2, 0.25) is 5.95 Å². The van der Waals surface area contributed by atoms with Crippen LogP contribution >= 0.6 is 11.6 Å². The van der Waals surface area contributed by atoms with Crippen LogP contribution in [0.15, 0.2) is 54.7 Å². The third-order valence-electron chi connectivity index (χ3n) is 7.06. The third kappa shape index (κ3) is 6.73. The molecule has 0 radical (unpaired) electrons. The zero-order valence-electron chi connectivity index (χ0n) is 23.8. The summed E-state index contributed by atoms with van der Waals surface area (Å²) in [6.07, 6.45) is 3.36. The smallest absolute Gasteiger partial charge is 0.410 e. The molecule has 1 N–H and O–H groups in total. The van der Waals surface area contributed by atoms with Crippen LogP contribution in [-0.2, 0) is 17.8 Å². The first-order valence-corrected chi connectivity index (χ1v) is 14.1. The van der Waals surface area contributed by atoms with Gasteiger partial charge in [-0.25, -0.2) is 14.2 Å². The van der Waals surface area contributed by atoms with Crippen molar-refractivity contribution in [3.05, 3.63) is 71.1 Å². The second-order valence-electron chi connectivity index (χ2n) is 11.3. The van der Waals surface area contributed by atoms with Gasteiger partial charge in [0.05, 0.1) is 12.8 Å². The van der Waals surface area contributed by atoms with Crippen LogP contribution in [0.4, 0.5) is 15.1 Å². The standard InChI is InChI=1S/C31H35ClFN5O3/c1-31(2,3)41-30(39)37-13-7-8-21(18-37)19-38-26(23-9-5-6-10-24(23)32)15-22-17-35-29(36-28(22)38)34-16-20-11-12-27(40-4)25(33)14-20/h5-6,9-12,14-15,17,21H,7-8,13,16,18-19H2,1-4H3,(H,34,35,36). The summed E-state index contributed by atoms with van der Waals surface area (Å²) < 4.78 is 27.0. The van der Waals surface area contributed by atoms with E-state index in [1.54, 1.807) is 23.2 Å². The lowest BCUT2D eigenvalue weighted by molar-refractivity contribution is 0.0158. The molecule has 1 unspecified atom stereocenters. The number of nitrogens with zero attached hydrogens (tertiary/aromatic N) is 4. The largest absolute Gasteiger partial charge is 0.494 e. The topological polar surface area (TPSA) is 81.5 Å². The Labute approximate surface area is 244 Å². The normalized spacial score (nSPS) is 15.7. The fourth-order valence-corrected chi connectivity index (χ4v) is 5.40. The fourth-order valence-electron chi connectivity index (χ4n) is 5.17. The summed E-state index contributed by atoms with van der Waals surface area (Å²) in [5.41, 5.74) is 2.78. The van der Waals surface area contributed by atoms with Gasteiger partial charge in [0.1, 0.15) is 11.2 Å². The lowest BCUT2D eigenvalue weighted by Gasteiger charge is -2.34. The monoisotopic (exact) mass is 579 g/mol. The van der Waals surface area contributed by atoms with Crippen LogP contribution in [-0.4, -0.2) is 51.3 Å². The van der Waals surface area contributed by atoms with Crippen molar-refractivity contribution >= 4 is 34.7 Å². The first-order valence-electron chi connectivity index (χ1n) is 13.8. The van der Waals surface area contributed by atoms with Gasteiger partial charge in [-0.3, -0.25) is 0 Å². The first kappa shape index (κ1) is 28.7. The van der Waals surface area contributed by atoms with Gasteiger partial charge < -0.3 is 24.3 Å². The average Bonchev–Trinajstić information content (AvgIpc) is 3.28. The Morgan fingerprint density at radius 2 is 2.00 bits per heavy atom. The maximum Gasteiger partial charge on any atom is 0.410 e. The Kier molecular flexibility index (Phi) is 8.35. The number of anilines is 1. The van der Waals surface area contributed by atoms with Crippen molar-refractivity contribution in [1.82, 2.24) is 19.4 Å². The number of methoxy groups -OCH3 is 1. The van der Waals surface area contributed by atoms with E-state index in [1.165, 1.54) is 13.2 Å². The maximum atomic E-state index is 14.2. The molecule has 8 nitrogen and oxygen atoms in total. The molecule has 1 aliphatic rings. The molecule has 1 atom stereocenters. The highest BCUT2D eigenvalue weighted by Gasteiger charge is 2.29. The molecule has 1 aliphatic heterocycles. The van der Waals surface area contributed by atoms with E-state index in [9.17, 15) is 9.18 Å². The molecule has 5 rings (SSSR count). The summed E-state index contributed by atoms with van der Waals surface area (Å²) in [5.74, 6) is 0.401. The number of halogens is 2. The van der Waals surface area contributed by atoms with Crippen LogP contribution < -0.4 is 10.1 Å². The number of hydrogen-bond donors (Lipinski definition) is 1. The molecule has 0 spiro atoms. The Morgan fingerprint density at radius 3 is 2.73 bits per heavy atom. The lowest BCUT2D eigenvalue weighted by Crippen LogP contribution is -2.43. The molecule has 0 aliphatic carbocycles. The minimum atomic E-state index is -0.546. The van der Waals surface area contributed by atoms with Crippen molar-refractivity contribution in [2.45, 2.75) is 52.3 Å². The average molecular weight is 580 g/mol. The summed E-state index contributed by atoms with van der Waals surface area (Å²) in [7, 11) is 1.44. The fraction of sp³-hybridized carbons (Fsp3) is 0.387. The molecule has 3 heterocycles. The molecule has 41 heavy (non-hydrogen) atoms. The first-order chi connectivity index (χ1) is 19.6. The van der Waals surface area contributed by atoms with E-state index >= 15 is 0 Å². The number of rotatable bonds is 7. The Bertz CT molecular complexity index is 1550. The van der Waals surface area contributed by atoms with E-state index in [0.717, 1.165) is 40.7 Å². The predicted molar refractivity (Wildman–Crippen MR) is 159 cm³/mol. The minimum absolute atomic E-state index is 0.196. The number of amides is 1. The predicted octanol–water partition coefficient (Wildman–Crippen LogP) is 7.16. The number of fused-ring (bicyclic) bond motifs is 1. The van der Waals surface area contributed by atoms with Crippen LogP contribution in [0.2, 0.25) is 5.02 Å². The molecular formula is C31H35ClFN5O3. The van der Waals surface area contributed by atoms with E-state index in [-0.39, 0.29) is 17.8 Å². The number of hydrogen-bond acceptors (Lipinski definition) is 6. The summed E-state index contributed by atoms with van der Waals surface area (Å²) in [4.78, 5) is 24.0. The molecule has 4 aromatic rings. The highest BCUT2D eigenvalue weighted by molar-refractivity contribution is 6.33. The maximum absolute atomic E-state index is 14.2. The number of likely N-dealkylation sites (tertiary alicyclic amines) is 1. The van der Waals surface area contributed by atoms with Crippen molar-refractivity contribution in [2.24, 2.45) is 5.92 Å².